The van der Waals surface area contributed by atoms with Crippen molar-refractivity contribution in [2.75, 3.05) is 0 Å². The van der Waals surface area contributed by atoms with Gasteiger partial charge in [0, 0.05) is 5.41 Å². The van der Waals surface area contributed by atoms with E-state index in [1.54, 1.807) is 42.2 Å². The minimum Gasteiger partial charge on any atom is -0.0624 e. The molecular weight excluding hydrogens is 957 g/mol. The molecule has 10 aromatic rings. The number of benzene rings is 10. The van der Waals surface area contributed by atoms with Gasteiger partial charge in [0.2, 0.25) is 0 Å². The minimum absolute atomic E-state index is 0.0678. The average molecular weight is 1030 g/mol. The maximum atomic E-state index is 2.70. The molecular formula is C75H70Si2. The van der Waals surface area contributed by atoms with Crippen LogP contribution in [0.3, 0.4) is 0 Å². The second-order valence-electron chi connectivity index (χ2n) is 25.7. The third-order valence-electron chi connectivity index (χ3n) is 22.4. The van der Waals surface area contributed by atoms with Gasteiger partial charge in [0.25, 0.3) is 0 Å². The van der Waals surface area contributed by atoms with Gasteiger partial charge in [0.05, 0.1) is 0 Å². The van der Waals surface area contributed by atoms with Crippen LogP contribution in [0.25, 0.3) is 54.9 Å². The highest BCUT2D eigenvalue weighted by Gasteiger charge is 2.70. The molecule has 2 saturated carbocycles. The molecule has 0 aromatic heterocycles. The van der Waals surface area contributed by atoms with Gasteiger partial charge in [-0.3, -0.25) is 0 Å². The van der Waals surface area contributed by atoms with E-state index >= 15 is 0 Å². The summed E-state index contributed by atoms with van der Waals surface area (Å²) in [6, 6.07) is 86.8. The molecule has 2 fully saturated rings. The standard InChI is InChI=1S/C75H70Si2/c1-71(2)64-48-52(54-38-42-68-66(50-54)73(4)44-22-24-46-75(73,6)77(68,57-29-15-9-16-30-57)58-31-17-10-18-32-58)36-40-62(64)69-60-34-20-19-33-59(60)63-47-51(35-39-61(63)70(69)71)53-37-41-67-65(49-53)72(3)43-21-23-45-74(72,5)76(67,55-25-11-7-12-26-55)56-27-13-8-14-28-56/h7-20,25-42,47-50H,21-24,43-46H2,1-6H3. The van der Waals surface area contributed by atoms with Crippen LogP contribution in [0.4, 0.5) is 0 Å². The first-order valence-corrected chi connectivity index (χ1v) is 33.1. The molecule has 3 aliphatic carbocycles. The molecule has 2 heterocycles. The van der Waals surface area contributed by atoms with Gasteiger partial charge in [-0.05, 0) is 167 Å². The quantitative estimate of drug-likeness (QED) is 0.115. The maximum Gasteiger partial charge on any atom is 0.155 e. The van der Waals surface area contributed by atoms with Crippen LogP contribution in [0.2, 0.25) is 10.1 Å². The van der Waals surface area contributed by atoms with Crippen molar-refractivity contribution >= 4 is 68.8 Å². The van der Waals surface area contributed by atoms with E-state index in [0.29, 0.717) is 0 Å². The van der Waals surface area contributed by atoms with Gasteiger partial charge < -0.3 is 0 Å². The number of rotatable bonds is 6. The van der Waals surface area contributed by atoms with Crippen LogP contribution in [0.15, 0.2) is 218 Å². The number of hydrogen-bond donors (Lipinski definition) is 0. The van der Waals surface area contributed by atoms with Crippen molar-refractivity contribution in [3.05, 3.63) is 241 Å². The third kappa shape index (κ3) is 5.89. The Balaban J connectivity index is 0.868. The Morgan fingerprint density at radius 1 is 0.312 bits per heavy atom. The second-order valence-corrected chi connectivity index (χ2v) is 34.3. The molecule has 4 atom stereocenters. The highest BCUT2D eigenvalue weighted by atomic mass is 28.3. The van der Waals surface area contributed by atoms with Crippen molar-refractivity contribution in [3.63, 3.8) is 0 Å². The van der Waals surface area contributed by atoms with Gasteiger partial charge in [0.1, 0.15) is 0 Å². The molecule has 77 heavy (non-hydrogen) atoms. The van der Waals surface area contributed by atoms with Crippen molar-refractivity contribution in [3.8, 4) is 33.4 Å². The molecule has 10 aromatic carbocycles. The van der Waals surface area contributed by atoms with Crippen LogP contribution in [-0.4, -0.2) is 16.1 Å². The van der Waals surface area contributed by atoms with E-state index in [0.717, 1.165) is 0 Å². The summed E-state index contributed by atoms with van der Waals surface area (Å²) in [4.78, 5) is 0. The lowest BCUT2D eigenvalue weighted by molar-refractivity contribution is 0.241. The Labute approximate surface area is 459 Å². The van der Waals surface area contributed by atoms with Crippen LogP contribution < -0.4 is 31.1 Å². The van der Waals surface area contributed by atoms with E-state index < -0.39 is 16.1 Å². The zero-order valence-corrected chi connectivity index (χ0v) is 47.9. The van der Waals surface area contributed by atoms with Crippen LogP contribution in [0.1, 0.15) is 115 Å². The number of hydrogen-bond acceptors (Lipinski definition) is 0. The van der Waals surface area contributed by atoms with Crippen molar-refractivity contribution in [2.24, 2.45) is 0 Å². The van der Waals surface area contributed by atoms with Crippen molar-refractivity contribution in [1.29, 1.82) is 0 Å². The predicted molar refractivity (Wildman–Crippen MR) is 333 cm³/mol. The fourth-order valence-corrected chi connectivity index (χ4v) is 32.4. The molecule has 5 aliphatic rings. The van der Waals surface area contributed by atoms with Crippen LogP contribution >= 0.6 is 0 Å². The van der Waals surface area contributed by atoms with Crippen molar-refractivity contribution in [1.82, 2.24) is 0 Å². The maximum absolute atomic E-state index is 2.70. The Hall–Kier alpha value is -6.85. The molecule has 2 heteroatoms. The topological polar surface area (TPSA) is 0 Å². The second kappa shape index (κ2) is 16.6. The zero-order valence-electron chi connectivity index (χ0n) is 45.9. The fourth-order valence-electron chi connectivity index (χ4n) is 18.6. The zero-order chi connectivity index (χ0) is 52.2. The summed E-state index contributed by atoms with van der Waals surface area (Å²) in [5, 5.41) is 15.2. The normalized spacial score (nSPS) is 24.9. The molecule has 0 radical (unpaired) electrons. The molecule has 378 valence electrons. The Bertz CT molecular complexity index is 3950. The lowest BCUT2D eigenvalue weighted by Gasteiger charge is -2.54. The summed E-state index contributed by atoms with van der Waals surface area (Å²) in [5.41, 5.74) is 14.2. The average Bonchev–Trinajstić information content (AvgIpc) is 4.16. The van der Waals surface area contributed by atoms with Gasteiger partial charge in [0.15, 0.2) is 16.1 Å². The predicted octanol–water partition coefficient (Wildman–Crippen LogP) is 15.8. The fraction of sp³-hybridized carbons (Fsp3) is 0.253. The Kier molecular flexibility index (Phi) is 10.2. The van der Waals surface area contributed by atoms with E-state index in [-0.39, 0.29) is 26.3 Å². The molecule has 0 amide bonds. The van der Waals surface area contributed by atoms with Gasteiger partial charge in [-0.25, -0.2) is 0 Å². The number of fused-ring (bicyclic) bond motifs is 14. The van der Waals surface area contributed by atoms with E-state index in [2.05, 4.69) is 260 Å². The van der Waals surface area contributed by atoms with Gasteiger partial charge in [-0.15, -0.1) is 0 Å². The lowest BCUT2D eigenvalue weighted by atomic mass is 9.64. The summed E-state index contributed by atoms with van der Waals surface area (Å²) < 4.78 is 0. The molecule has 0 saturated heterocycles. The highest BCUT2D eigenvalue weighted by Crippen LogP contribution is 2.67. The summed E-state index contributed by atoms with van der Waals surface area (Å²) in [7, 11) is -5.00. The SMILES string of the molecule is CC1(C)c2cc(-c3ccc4c(c3)C3(C)CCCCC3(C)[Si]4(c3ccccc3)c3ccccc3)ccc2-c2c1c1ccc(-c3ccc4c(c3)C3(C)CCCCC3(C)[Si]4(c3ccccc3)c3ccccc3)cc1c1ccccc21. The van der Waals surface area contributed by atoms with E-state index in [1.807, 2.05) is 0 Å². The van der Waals surface area contributed by atoms with E-state index in [9.17, 15) is 0 Å². The molecule has 0 bridgehead atoms. The van der Waals surface area contributed by atoms with Crippen LogP contribution in [0, 0.1) is 0 Å². The molecule has 0 nitrogen and oxygen atoms in total. The smallest absolute Gasteiger partial charge is 0.0624 e. The first-order chi connectivity index (χ1) is 37.4. The van der Waals surface area contributed by atoms with Gasteiger partial charge in [-0.1, -0.05) is 273 Å². The lowest BCUT2D eigenvalue weighted by Crippen LogP contribution is -2.72. The van der Waals surface area contributed by atoms with Crippen molar-refractivity contribution < 1.29 is 0 Å². The summed E-state index contributed by atoms with van der Waals surface area (Å²) in [6.45, 7) is 15.7. The van der Waals surface area contributed by atoms with Crippen molar-refractivity contribution in [2.45, 2.75) is 119 Å². The van der Waals surface area contributed by atoms with E-state index in [1.165, 1.54) is 117 Å². The first-order valence-electron chi connectivity index (χ1n) is 29.1. The van der Waals surface area contributed by atoms with E-state index in [4.69, 9.17) is 0 Å². The minimum atomic E-state index is -2.50. The molecule has 0 N–H and O–H groups in total. The molecule has 4 unspecified atom stereocenters. The largest absolute Gasteiger partial charge is 0.155 e. The van der Waals surface area contributed by atoms with Gasteiger partial charge in [-0.2, -0.15) is 0 Å². The molecule has 0 spiro atoms. The van der Waals surface area contributed by atoms with Crippen LogP contribution in [0.5, 0.6) is 0 Å². The monoisotopic (exact) mass is 1030 g/mol. The van der Waals surface area contributed by atoms with Gasteiger partial charge >= 0.3 is 0 Å². The molecule has 2 aliphatic heterocycles. The molecule has 15 rings (SSSR count). The highest BCUT2D eigenvalue weighted by molar-refractivity contribution is 7.15. The summed E-state index contributed by atoms with van der Waals surface area (Å²) >= 11 is 0. The summed E-state index contributed by atoms with van der Waals surface area (Å²) in [6.07, 6.45) is 10.2. The Morgan fingerprint density at radius 2 is 0.688 bits per heavy atom. The van der Waals surface area contributed by atoms with Crippen LogP contribution in [-0.2, 0) is 16.2 Å². The Morgan fingerprint density at radius 3 is 1.16 bits per heavy atom. The third-order valence-corrected chi connectivity index (χ3v) is 34.6. The first kappa shape index (κ1) is 47.4. The summed E-state index contributed by atoms with van der Waals surface area (Å²) in [5.74, 6) is 0.